The van der Waals surface area contributed by atoms with Crippen molar-refractivity contribution in [3.05, 3.63) is 53.9 Å². The standard InChI is InChI=1S/C20H29N5O/c1-3-21-20(24(2)13-18-9-10-26-16-18)22-11-19-12-23-25(15-19)14-17-7-5-4-6-8-17/h4-8,12,15,18H,3,9-11,13-14,16H2,1-2H3,(H,21,22). The first-order valence-corrected chi connectivity index (χ1v) is 9.37. The molecule has 1 aromatic heterocycles. The third-order valence-corrected chi connectivity index (χ3v) is 4.54. The number of nitrogens with one attached hydrogen (secondary N) is 1. The van der Waals surface area contributed by atoms with Gasteiger partial charge in [0.05, 0.1) is 25.9 Å². The van der Waals surface area contributed by atoms with Gasteiger partial charge in [0.25, 0.3) is 0 Å². The molecule has 6 nitrogen and oxygen atoms in total. The molecule has 0 bridgehead atoms. The highest BCUT2D eigenvalue weighted by Crippen LogP contribution is 2.13. The normalized spacial score (nSPS) is 17.5. The van der Waals surface area contributed by atoms with Crippen LogP contribution in [0.5, 0.6) is 0 Å². The van der Waals surface area contributed by atoms with Crippen molar-refractivity contribution in [2.45, 2.75) is 26.4 Å². The van der Waals surface area contributed by atoms with Gasteiger partial charge < -0.3 is 15.0 Å². The van der Waals surface area contributed by atoms with Crippen LogP contribution in [0.1, 0.15) is 24.5 Å². The van der Waals surface area contributed by atoms with Crippen molar-refractivity contribution in [2.24, 2.45) is 10.9 Å². The molecule has 1 aromatic carbocycles. The molecule has 140 valence electrons. The fraction of sp³-hybridized carbons (Fsp3) is 0.500. The second-order valence-corrected chi connectivity index (χ2v) is 6.81. The summed E-state index contributed by atoms with van der Waals surface area (Å²) in [6.45, 7) is 7.08. The van der Waals surface area contributed by atoms with Crippen molar-refractivity contribution in [3.8, 4) is 0 Å². The van der Waals surface area contributed by atoms with E-state index >= 15 is 0 Å². The third-order valence-electron chi connectivity index (χ3n) is 4.54. The first-order valence-electron chi connectivity index (χ1n) is 9.37. The predicted molar refractivity (Wildman–Crippen MR) is 104 cm³/mol. The van der Waals surface area contributed by atoms with Gasteiger partial charge in [-0.25, -0.2) is 4.99 Å². The van der Waals surface area contributed by atoms with Crippen LogP contribution < -0.4 is 5.32 Å². The lowest BCUT2D eigenvalue weighted by Gasteiger charge is -2.24. The van der Waals surface area contributed by atoms with Gasteiger partial charge >= 0.3 is 0 Å². The van der Waals surface area contributed by atoms with Crippen LogP contribution >= 0.6 is 0 Å². The topological polar surface area (TPSA) is 54.7 Å². The molecule has 3 rings (SSSR count). The van der Waals surface area contributed by atoms with Crippen molar-refractivity contribution < 1.29 is 4.74 Å². The monoisotopic (exact) mass is 355 g/mol. The molecular weight excluding hydrogens is 326 g/mol. The Balaban J connectivity index is 1.58. The number of guanidine groups is 1. The summed E-state index contributed by atoms with van der Waals surface area (Å²) >= 11 is 0. The zero-order valence-electron chi connectivity index (χ0n) is 15.8. The molecule has 1 aliphatic rings. The van der Waals surface area contributed by atoms with E-state index in [0.29, 0.717) is 12.5 Å². The molecule has 2 heterocycles. The summed E-state index contributed by atoms with van der Waals surface area (Å²) in [5.41, 5.74) is 2.37. The summed E-state index contributed by atoms with van der Waals surface area (Å²) in [7, 11) is 2.10. The van der Waals surface area contributed by atoms with Gasteiger partial charge in [-0.2, -0.15) is 5.10 Å². The Labute approximate surface area is 155 Å². The maximum atomic E-state index is 5.48. The molecule has 0 spiro atoms. The van der Waals surface area contributed by atoms with E-state index in [1.807, 2.05) is 16.9 Å². The molecule has 1 atom stereocenters. The van der Waals surface area contributed by atoms with Gasteiger partial charge in [0.2, 0.25) is 0 Å². The number of hydrogen-bond donors (Lipinski definition) is 1. The Bertz CT molecular complexity index is 691. The second kappa shape index (κ2) is 9.38. The van der Waals surface area contributed by atoms with E-state index < -0.39 is 0 Å². The van der Waals surface area contributed by atoms with E-state index in [9.17, 15) is 0 Å². The average molecular weight is 355 g/mol. The highest BCUT2D eigenvalue weighted by molar-refractivity contribution is 5.79. The molecule has 0 saturated carbocycles. The molecule has 26 heavy (non-hydrogen) atoms. The van der Waals surface area contributed by atoms with E-state index in [1.54, 1.807) is 0 Å². The van der Waals surface area contributed by atoms with E-state index in [-0.39, 0.29) is 0 Å². The molecule has 2 aromatic rings. The van der Waals surface area contributed by atoms with Gasteiger partial charge in [-0.1, -0.05) is 30.3 Å². The van der Waals surface area contributed by atoms with Crippen molar-refractivity contribution in [2.75, 3.05) is 33.4 Å². The highest BCUT2D eigenvalue weighted by atomic mass is 16.5. The lowest BCUT2D eigenvalue weighted by Crippen LogP contribution is -2.41. The Kier molecular flexibility index (Phi) is 6.66. The SMILES string of the molecule is CCNC(=NCc1cnn(Cc2ccccc2)c1)N(C)CC1CCOC1. The Morgan fingerprint density at radius 1 is 1.35 bits per heavy atom. The minimum atomic E-state index is 0.595. The summed E-state index contributed by atoms with van der Waals surface area (Å²) in [4.78, 5) is 6.99. The number of rotatable bonds is 7. The number of benzene rings is 1. The average Bonchev–Trinajstić information content (AvgIpc) is 3.31. The summed E-state index contributed by atoms with van der Waals surface area (Å²) < 4.78 is 7.45. The van der Waals surface area contributed by atoms with E-state index in [2.05, 4.69) is 59.7 Å². The van der Waals surface area contributed by atoms with Crippen LogP contribution in [0.3, 0.4) is 0 Å². The minimum Gasteiger partial charge on any atom is -0.381 e. The van der Waals surface area contributed by atoms with E-state index in [4.69, 9.17) is 9.73 Å². The smallest absolute Gasteiger partial charge is 0.193 e. The Morgan fingerprint density at radius 3 is 2.92 bits per heavy atom. The van der Waals surface area contributed by atoms with Crippen LogP contribution in [0, 0.1) is 5.92 Å². The van der Waals surface area contributed by atoms with Crippen molar-refractivity contribution >= 4 is 5.96 Å². The number of hydrogen-bond acceptors (Lipinski definition) is 3. The highest BCUT2D eigenvalue weighted by Gasteiger charge is 2.19. The molecule has 0 aliphatic carbocycles. The quantitative estimate of drug-likeness (QED) is 0.612. The molecule has 1 N–H and O–H groups in total. The lowest BCUT2D eigenvalue weighted by molar-refractivity contribution is 0.181. The van der Waals surface area contributed by atoms with Gasteiger partial charge in [0, 0.05) is 44.4 Å². The van der Waals surface area contributed by atoms with Crippen molar-refractivity contribution in [3.63, 3.8) is 0 Å². The zero-order chi connectivity index (χ0) is 18.2. The molecule has 0 radical (unpaired) electrons. The molecule has 6 heteroatoms. The van der Waals surface area contributed by atoms with Gasteiger partial charge in [-0.15, -0.1) is 0 Å². The number of aliphatic imine (C=N–C) groups is 1. The fourth-order valence-corrected chi connectivity index (χ4v) is 3.18. The fourth-order valence-electron chi connectivity index (χ4n) is 3.18. The first kappa shape index (κ1) is 18.5. The number of aromatic nitrogens is 2. The molecule has 0 amide bonds. The largest absolute Gasteiger partial charge is 0.381 e. The number of ether oxygens (including phenoxy) is 1. The van der Waals surface area contributed by atoms with Gasteiger partial charge in [-0.05, 0) is 18.9 Å². The van der Waals surface area contributed by atoms with Gasteiger partial charge in [0.1, 0.15) is 0 Å². The van der Waals surface area contributed by atoms with Crippen LogP contribution in [0.15, 0.2) is 47.7 Å². The maximum Gasteiger partial charge on any atom is 0.193 e. The van der Waals surface area contributed by atoms with E-state index in [1.165, 1.54) is 5.56 Å². The van der Waals surface area contributed by atoms with Gasteiger partial charge in [-0.3, -0.25) is 4.68 Å². The van der Waals surface area contributed by atoms with E-state index in [0.717, 1.165) is 50.8 Å². The van der Waals surface area contributed by atoms with Crippen molar-refractivity contribution in [1.82, 2.24) is 20.0 Å². The van der Waals surface area contributed by atoms with Crippen LogP contribution in [-0.4, -0.2) is 54.0 Å². The van der Waals surface area contributed by atoms with Crippen LogP contribution in [0.4, 0.5) is 0 Å². The van der Waals surface area contributed by atoms with Crippen LogP contribution in [0.25, 0.3) is 0 Å². The third kappa shape index (κ3) is 5.33. The molecule has 1 unspecified atom stereocenters. The zero-order valence-corrected chi connectivity index (χ0v) is 15.8. The molecule has 1 fully saturated rings. The minimum absolute atomic E-state index is 0.595. The molecular formula is C20H29N5O. The van der Waals surface area contributed by atoms with Gasteiger partial charge in [0.15, 0.2) is 5.96 Å². The van der Waals surface area contributed by atoms with Crippen LogP contribution in [0.2, 0.25) is 0 Å². The van der Waals surface area contributed by atoms with Crippen molar-refractivity contribution in [1.29, 1.82) is 0 Å². The predicted octanol–water partition coefficient (Wildman–Crippen LogP) is 2.37. The Morgan fingerprint density at radius 2 is 2.19 bits per heavy atom. The maximum absolute atomic E-state index is 5.48. The summed E-state index contributed by atoms with van der Waals surface area (Å²) in [6, 6.07) is 10.4. The first-order chi connectivity index (χ1) is 12.7. The summed E-state index contributed by atoms with van der Waals surface area (Å²) in [5.74, 6) is 1.53. The molecule has 1 aliphatic heterocycles. The molecule has 1 saturated heterocycles. The number of nitrogens with zero attached hydrogens (tertiary/aromatic N) is 4. The van der Waals surface area contributed by atoms with Crippen LogP contribution in [-0.2, 0) is 17.8 Å². The Hall–Kier alpha value is -2.34. The summed E-state index contributed by atoms with van der Waals surface area (Å²) in [5, 5.41) is 7.84. The second-order valence-electron chi connectivity index (χ2n) is 6.81. The summed E-state index contributed by atoms with van der Waals surface area (Å²) in [6.07, 6.45) is 5.11. The lowest BCUT2D eigenvalue weighted by atomic mass is 10.1.